The molecular formula is C26H15ClN2O5S2. The normalized spacial score (nSPS) is 15.4. The molecule has 1 atom stereocenters. The second kappa shape index (κ2) is 8.41. The topological polar surface area (TPSA) is 97.6 Å². The van der Waals surface area contributed by atoms with Gasteiger partial charge in [-0.2, -0.15) is 0 Å². The summed E-state index contributed by atoms with van der Waals surface area (Å²) in [6.07, 6.45) is 1.22. The van der Waals surface area contributed by atoms with E-state index in [1.807, 2.05) is 0 Å². The first kappa shape index (κ1) is 22.7. The van der Waals surface area contributed by atoms with Gasteiger partial charge in [0.05, 0.1) is 28.1 Å². The first-order valence-corrected chi connectivity index (χ1v) is 13.4. The van der Waals surface area contributed by atoms with Crippen molar-refractivity contribution in [3.63, 3.8) is 0 Å². The average molecular weight is 535 g/mol. The summed E-state index contributed by atoms with van der Waals surface area (Å²) in [5.74, 6) is -0.692. The van der Waals surface area contributed by atoms with Crippen molar-refractivity contribution in [2.75, 3.05) is 4.90 Å². The lowest BCUT2D eigenvalue weighted by molar-refractivity contribution is 0.0971. The van der Waals surface area contributed by atoms with Crippen LogP contribution >= 0.6 is 22.9 Å². The van der Waals surface area contributed by atoms with Crippen LogP contribution in [0, 0.1) is 0 Å². The third kappa shape index (κ3) is 3.47. The molecule has 5 aromatic rings. The van der Waals surface area contributed by atoms with E-state index in [1.54, 1.807) is 66.7 Å². The van der Waals surface area contributed by atoms with Gasteiger partial charge < -0.3 is 4.42 Å². The fourth-order valence-electron chi connectivity index (χ4n) is 4.31. The van der Waals surface area contributed by atoms with Crippen molar-refractivity contribution in [3.05, 3.63) is 117 Å². The van der Waals surface area contributed by atoms with Crippen LogP contribution in [0.15, 0.2) is 103 Å². The molecule has 0 bridgehead atoms. The van der Waals surface area contributed by atoms with Gasteiger partial charge in [-0.3, -0.25) is 14.5 Å². The van der Waals surface area contributed by atoms with E-state index in [9.17, 15) is 18.0 Å². The number of hydrogen-bond donors (Lipinski definition) is 0. The molecule has 7 nitrogen and oxygen atoms in total. The molecule has 36 heavy (non-hydrogen) atoms. The Morgan fingerprint density at radius 1 is 0.944 bits per heavy atom. The summed E-state index contributed by atoms with van der Waals surface area (Å²) in [6, 6.07) is 20.6. The van der Waals surface area contributed by atoms with Gasteiger partial charge in [-0.1, -0.05) is 65.4 Å². The van der Waals surface area contributed by atoms with Crippen LogP contribution in [0.1, 0.15) is 27.7 Å². The molecule has 1 aliphatic heterocycles. The molecule has 3 heterocycles. The van der Waals surface area contributed by atoms with Crippen LogP contribution < -0.4 is 10.3 Å². The molecule has 0 fully saturated rings. The molecule has 0 radical (unpaired) electrons. The number of thiazole rings is 1. The SMILES string of the molecule is O=C1c2oc3ccccc3c(=O)c2C(c2cccc(Cl)c2)N1c1ncc(S(=O)(=O)c2ccccc2)s1. The van der Waals surface area contributed by atoms with Crippen molar-refractivity contribution >= 4 is 54.8 Å². The lowest BCUT2D eigenvalue weighted by Gasteiger charge is -2.22. The van der Waals surface area contributed by atoms with E-state index in [-0.39, 0.29) is 36.6 Å². The Hall–Kier alpha value is -3.79. The minimum absolute atomic E-state index is 0.0262. The second-order valence-corrected chi connectivity index (χ2v) is 11.7. The number of rotatable bonds is 4. The molecule has 10 heteroatoms. The summed E-state index contributed by atoms with van der Waals surface area (Å²) in [4.78, 5) is 32.9. The van der Waals surface area contributed by atoms with E-state index >= 15 is 0 Å². The number of carbonyl (C=O) groups excluding carboxylic acids is 1. The number of carbonyl (C=O) groups is 1. The first-order chi connectivity index (χ1) is 17.4. The molecule has 0 N–H and O–H groups in total. The highest BCUT2D eigenvalue weighted by molar-refractivity contribution is 7.93. The Morgan fingerprint density at radius 2 is 1.69 bits per heavy atom. The molecule has 6 rings (SSSR count). The highest BCUT2D eigenvalue weighted by atomic mass is 35.5. The zero-order valence-electron chi connectivity index (χ0n) is 18.3. The number of amides is 1. The molecule has 178 valence electrons. The number of fused-ring (bicyclic) bond motifs is 2. The Kier molecular flexibility index (Phi) is 5.29. The smallest absolute Gasteiger partial charge is 0.297 e. The summed E-state index contributed by atoms with van der Waals surface area (Å²) in [5.41, 5.74) is 0.664. The number of nitrogens with zero attached hydrogens (tertiary/aromatic N) is 2. The Balaban J connectivity index is 1.55. The lowest BCUT2D eigenvalue weighted by Crippen LogP contribution is -2.29. The molecule has 1 unspecified atom stereocenters. The highest BCUT2D eigenvalue weighted by Crippen LogP contribution is 2.43. The highest BCUT2D eigenvalue weighted by Gasteiger charge is 2.45. The van der Waals surface area contributed by atoms with E-state index < -0.39 is 21.8 Å². The van der Waals surface area contributed by atoms with Crippen molar-refractivity contribution in [3.8, 4) is 0 Å². The van der Waals surface area contributed by atoms with Crippen molar-refractivity contribution in [2.24, 2.45) is 0 Å². The van der Waals surface area contributed by atoms with Gasteiger partial charge in [-0.05, 0) is 42.0 Å². The predicted molar refractivity (Wildman–Crippen MR) is 137 cm³/mol. The van der Waals surface area contributed by atoms with Crippen molar-refractivity contribution < 1.29 is 17.6 Å². The molecule has 3 aromatic carbocycles. The lowest BCUT2D eigenvalue weighted by atomic mass is 9.99. The maximum atomic E-state index is 13.7. The zero-order valence-corrected chi connectivity index (χ0v) is 20.7. The van der Waals surface area contributed by atoms with E-state index in [0.29, 0.717) is 16.0 Å². The average Bonchev–Trinajstić information content (AvgIpc) is 3.49. The molecule has 1 aliphatic rings. The van der Waals surface area contributed by atoms with Gasteiger partial charge in [0, 0.05) is 5.02 Å². The molecule has 0 saturated heterocycles. The van der Waals surface area contributed by atoms with E-state index in [0.717, 1.165) is 11.3 Å². The number of sulfone groups is 1. The standard InChI is InChI=1S/C26H15ClN2O5S2/c27-16-8-6-7-15(13-16)22-21-23(30)18-11-4-5-12-19(18)34-24(21)25(31)29(22)26-28-14-20(35-26)36(32,33)17-9-2-1-3-10-17/h1-14,22H. The Labute approximate surface area is 214 Å². The zero-order chi connectivity index (χ0) is 25.0. The van der Waals surface area contributed by atoms with E-state index in [2.05, 4.69) is 4.98 Å². The number of aromatic nitrogens is 1. The summed E-state index contributed by atoms with van der Waals surface area (Å²) in [7, 11) is -3.85. The van der Waals surface area contributed by atoms with Gasteiger partial charge >= 0.3 is 0 Å². The van der Waals surface area contributed by atoms with Crippen molar-refractivity contribution in [1.82, 2.24) is 4.98 Å². The van der Waals surface area contributed by atoms with Gasteiger partial charge in [0.15, 0.2) is 10.6 Å². The maximum Gasteiger partial charge on any atom is 0.297 e. The van der Waals surface area contributed by atoms with Crippen LogP contribution in [0.2, 0.25) is 5.02 Å². The van der Waals surface area contributed by atoms with Gasteiger partial charge in [0.2, 0.25) is 15.6 Å². The predicted octanol–water partition coefficient (Wildman–Crippen LogP) is 5.49. The third-order valence-corrected chi connectivity index (χ3v) is 9.40. The monoisotopic (exact) mass is 534 g/mol. The van der Waals surface area contributed by atoms with E-state index in [1.165, 1.54) is 23.2 Å². The Bertz CT molecular complexity index is 1830. The summed E-state index contributed by atoms with van der Waals surface area (Å²) < 4.78 is 32.2. The molecule has 2 aromatic heterocycles. The largest absolute Gasteiger partial charge is 0.450 e. The molecular weight excluding hydrogens is 520 g/mol. The number of halogens is 1. The number of hydrogen-bond acceptors (Lipinski definition) is 7. The molecule has 0 spiro atoms. The van der Waals surface area contributed by atoms with Crippen LogP contribution in [0.4, 0.5) is 5.13 Å². The van der Waals surface area contributed by atoms with Crippen LogP contribution in [0.25, 0.3) is 11.0 Å². The minimum Gasteiger partial charge on any atom is -0.450 e. The van der Waals surface area contributed by atoms with Gasteiger partial charge in [0.25, 0.3) is 5.91 Å². The molecule has 0 aliphatic carbocycles. The van der Waals surface area contributed by atoms with Gasteiger partial charge in [-0.15, -0.1) is 0 Å². The van der Waals surface area contributed by atoms with Gasteiger partial charge in [-0.25, -0.2) is 13.4 Å². The molecule has 1 amide bonds. The fourth-order valence-corrected chi connectivity index (χ4v) is 7.08. The summed E-state index contributed by atoms with van der Waals surface area (Å²) in [5, 5.41) is 0.878. The summed E-state index contributed by atoms with van der Waals surface area (Å²) in [6.45, 7) is 0. The quantitative estimate of drug-likeness (QED) is 0.302. The number of anilines is 1. The number of benzene rings is 3. The van der Waals surface area contributed by atoms with Gasteiger partial charge in [0.1, 0.15) is 9.79 Å². The van der Waals surface area contributed by atoms with Crippen LogP contribution in [-0.2, 0) is 9.84 Å². The molecule has 0 saturated carbocycles. The van der Waals surface area contributed by atoms with Crippen molar-refractivity contribution in [2.45, 2.75) is 15.1 Å². The van der Waals surface area contributed by atoms with Crippen LogP contribution in [0.3, 0.4) is 0 Å². The summed E-state index contributed by atoms with van der Waals surface area (Å²) >= 11 is 7.10. The fraction of sp³-hybridized carbons (Fsp3) is 0.0385. The van der Waals surface area contributed by atoms with Crippen LogP contribution in [0.5, 0.6) is 0 Å². The maximum absolute atomic E-state index is 13.7. The third-order valence-electron chi connectivity index (χ3n) is 5.94. The number of para-hydroxylation sites is 1. The Morgan fingerprint density at radius 3 is 2.47 bits per heavy atom. The van der Waals surface area contributed by atoms with E-state index in [4.69, 9.17) is 16.0 Å². The first-order valence-electron chi connectivity index (χ1n) is 10.8. The second-order valence-electron chi connectivity index (χ2n) is 8.08. The van der Waals surface area contributed by atoms with Crippen molar-refractivity contribution in [1.29, 1.82) is 0 Å². The minimum atomic E-state index is -3.85. The van der Waals surface area contributed by atoms with Crippen LogP contribution in [-0.4, -0.2) is 19.3 Å².